The van der Waals surface area contributed by atoms with E-state index in [9.17, 15) is 5.11 Å². The van der Waals surface area contributed by atoms with Crippen molar-refractivity contribution in [3.05, 3.63) is 59.2 Å². The highest BCUT2D eigenvalue weighted by molar-refractivity contribution is 6.34. The predicted octanol–water partition coefficient (Wildman–Crippen LogP) is 3.82. The number of nitrogens with zero attached hydrogens (tertiary/aromatic N) is 3. The molecule has 0 saturated carbocycles. The molecule has 22 heavy (non-hydrogen) atoms. The molecule has 3 aromatic rings. The van der Waals surface area contributed by atoms with Crippen LogP contribution in [0, 0.1) is 0 Å². The van der Waals surface area contributed by atoms with Crippen molar-refractivity contribution in [3.63, 3.8) is 0 Å². The maximum Gasteiger partial charge on any atom is 0.176 e. The molecule has 0 fully saturated rings. The van der Waals surface area contributed by atoms with Gasteiger partial charge < -0.3 is 5.11 Å². The van der Waals surface area contributed by atoms with Crippen LogP contribution < -0.4 is 5.43 Å². The number of halogens is 1. The minimum absolute atomic E-state index is 0.221. The quantitative estimate of drug-likeness (QED) is 0.569. The topological polar surface area (TPSA) is 70.4 Å². The lowest BCUT2D eigenvalue weighted by molar-refractivity contribution is 0.475. The first kappa shape index (κ1) is 14.3. The molecule has 0 bridgehead atoms. The Bertz CT molecular complexity index is 846. The van der Waals surface area contributed by atoms with Gasteiger partial charge in [-0.05, 0) is 36.8 Å². The molecule has 3 rings (SSSR count). The lowest BCUT2D eigenvalue weighted by atomic mass is 10.1. The molecular weight excluding hydrogens is 300 g/mol. The number of fused-ring (bicyclic) bond motifs is 1. The average molecular weight is 313 g/mol. The van der Waals surface area contributed by atoms with Crippen LogP contribution in [-0.4, -0.2) is 21.0 Å². The molecule has 2 aromatic carbocycles. The maximum atomic E-state index is 9.30. The summed E-state index contributed by atoms with van der Waals surface area (Å²) < 4.78 is 0. The molecule has 110 valence electrons. The Hall–Kier alpha value is -2.66. The molecule has 0 unspecified atom stereocenters. The number of hydrazone groups is 1. The van der Waals surface area contributed by atoms with Gasteiger partial charge in [0.2, 0.25) is 0 Å². The second-order valence-corrected chi connectivity index (χ2v) is 5.10. The van der Waals surface area contributed by atoms with Crippen LogP contribution in [0.4, 0.5) is 5.82 Å². The number of anilines is 1. The summed E-state index contributed by atoms with van der Waals surface area (Å²) >= 11 is 6.04. The summed E-state index contributed by atoms with van der Waals surface area (Å²) in [6.07, 6.45) is 0. The fraction of sp³-hybridized carbons (Fsp3) is 0.0625. The SMILES string of the molecule is C/C(=N\Nc1nnc(Cl)c2ccccc12)c1ccc(O)cc1. The number of hydrogen-bond donors (Lipinski definition) is 2. The minimum Gasteiger partial charge on any atom is -0.508 e. The molecule has 0 atom stereocenters. The van der Waals surface area contributed by atoms with Crippen LogP contribution in [-0.2, 0) is 0 Å². The summed E-state index contributed by atoms with van der Waals surface area (Å²) in [6, 6.07) is 14.4. The molecule has 6 heteroatoms. The molecule has 0 spiro atoms. The Kier molecular flexibility index (Phi) is 3.89. The first-order valence-electron chi connectivity index (χ1n) is 6.66. The Labute approximate surface area is 132 Å². The largest absolute Gasteiger partial charge is 0.508 e. The fourth-order valence-electron chi connectivity index (χ4n) is 2.06. The highest BCUT2D eigenvalue weighted by Crippen LogP contribution is 2.25. The zero-order valence-electron chi connectivity index (χ0n) is 11.8. The van der Waals surface area contributed by atoms with Crippen LogP contribution in [0.1, 0.15) is 12.5 Å². The minimum atomic E-state index is 0.221. The van der Waals surface area contributed by atoms with E-state index in [2.05, 4.69) is 20.7 Å². The zero-order chi connectivity index (χ0) is 15.5. The Morgan fingerprint density at radius 1 is 1.05 bits per heavy atom. The van der Waals surface area contributed by atoms with E-state index in [1.165, 1.54) is 0 Å². The Morgan fingerprint density at radius 2 is 1.73 bits per heavy atom. The van der Waals surface area contributed by atoms with Crippen molar-refractivity contribution in [2.24, 2.45) is 5.10 Å². The van der Waals surface area contributed by atoms with E-state index >= 15 is 0 Å². The summed E-state index contributed by atoms with van der Waals surface area (Å²) in [5, 5.41) is 23.6. The van der Waals surface area contributed by atoms with E-state index in [1.54, 1.807) is 24.3 Å². The van der Waals surface area contributed by atoms with Gasteiger partial charge >= 0.3 is 0 Å². The third kappa shape index (κ3) is 2.84. The van der Waals surface area contributed by atoms with E-state index < -0.39 is 0 Å². The van der Waals surface area contributed by atoms with Gasteiger partial charge in [-0.1, -0.05) is 35.9 Å². The van der Waals surface area contributed by atoms with Gasteiger partial charge in [-0.15, -0.1) is 10.2 Å². The van der Waals surface area contributed by atoms with Gasteiger partial charge in [0.15, 0.2) is 11.0 Å². The molecule has 0 amide bonds. The average Bonchev–Trinajstić information content (AvgIpc) is 2.55. The van der Waals surface area contributed by atoms with Gasteiger partial charge in [0.1, 0.15) is 5.75 Å². The number of rotatable bonds is 3. The van der Waals surface area contributed by atoms with E-state index in [4.69, 9.17) is 11.6 Å². The third-order valence-corrected chi connectivity index (χ3v) is 3.54. The van der Waals surface area contributed by atoms with Crippen molar-refractivity contribution in [1.29, 1.82) is 0 Å². The van der Waals surface area contributed by atoms with Crippen molar-refractivity contribution in [3.8, 4) is 5.75 Å². The highest BCUT2D eigenvalue weighted by atomic mass is 35.5. The van der Waals surface area contributed by atoms with Crippen LogP contribution in [0.15, 0.2) is 53.6 Å². The second-order valence-electron chi connectivity index (χ2n) is 4.74. The van der Waals surface area contributed by atoms with Gasteiger partial charge in [-0.2, -0.15) is 5.10 Å². The first-order chi connectivity index (χ1) is 10.6. The summed E-state index contributed by atoms with van der Waals surface area (Å²) in [7, 11) is 0. The van der Waals surface area contributed by atoms with Crippen LogP contribution in [0.2, 0.25) is 5.15 Å². The molecule has 5 nitrogen and oxygen atoms in total. The summed E-state index contributed by atoms with van der Waals surface area (Å²) in [4.78, 5) is 0. The van der Waals surface area contributed by atoms with Crippen molar-refractivity contribution >= 4 is 33.9 Å². The van der Waals surface area contributed by atoms with Crippen molar-refractivity contribution < 1.29 is 5.11 Å². The molecule has 0 saturated heterocycles. The summed E-state index contributed by atoms with van der Waals surface area (Å²) in [6.45, 7) is 1.87. The first-order valence-corrected chi connectivity index (χ1v) is 7.03. The number of aromatic hydroxyl groups is 1. The Morgan fingerprint density at radius 3 is 2.45 bits per heavy atom. The van der Waals surface area contributed by atoms with Crippen molar-refractivity contribution in [2.75, 3.05) is 5.43 Å². The van der Waals surface area contributed by atoms with Crippen molar-refractivity contribution in [2.45, 2.75) is 6.92 Å². The van der Waals surface area contributed by atoms with Crippen LogP contribution >= 0.6 is 11.6 Å². The lowest BCUT2D eigenvalue weighted by Gasteiger charge is -2.06. The highest BCUT2D eigenvalue weighted by Gasteiger charge is 2.06. The molecular formula is C16H13ClN4O. The molecule has 0 radical (unpaired) electrons. The molecule has 1 heterocycles. The number of aromatic nitrogens is 2. The number of nitrogens with one attached hydrogen (secondary N) is 1. The standard InChI is InChI=1S/C16H13ClN4O/c1-10(11-6-8-12(22)9-7-11)18-20-16-14-5-3-2-4-13(14)15(17)19-21-16/h2-9,22H,1H3,(H,20,21)/b18-10+. The van der Waals surface area contributed by atoms with Gasteiger partial charge in [0.05, 0.1) is 5.71 Å². The molecule has 0 aliphatic carbocycles. The molecule has 0 aliphatic heterocycles. The number of benzene rings is 2. The lowest BCUT2D eigenvalue weighted by Crippen LogP contribution is -2.02. The second kappa shape index (κ2) is 5.99. The van der Waals surface area contributed by atoms with Gasteiger partial charge in [0.25, 0.3) is 0 Å². The van der Waals surface area contributed by atoms with Gasteiger partial charge in [-0.25, -0.2) is 0 Å². The molecule has 0 aliphatic rings. The molecule has 2 N–H and O–H groups in total. The summed E-state index contributed by atoms with van der Waals surface area (Å²) in [5.41, 5.74) is 4.59. The fourth-order valence-corrected chi connectivity index (χ4v) is 2.26. The number of phenolic OH excluding ortho intramolecular Hbond substituents is 1. The number of hydrogen-bond acceptors (Lipinski definition) is 5. The molecule has 1 aromatic heterocycles. The monoisotopic (exact) mass is 312 g/mol. The van der Waals surface area contributed by atoms with E-state index in [0.717, 1.165) is 22.0 Å². The summed E-state index contributed by atoms with van der Waals surface area (Å²) in [5.74, 6) is 0.761. The van der Waals surface area contributed by atoms with E-state index in [1.807, 2.05) is 31.2 Å². The normalized spacial score (nSPS) is 11.6. The predicted molar refractivity (Wildman–Crippen MR) is 88.5 cm³/mol. The van der Waals surface area contributed by atoms with E-state index in [0.29, 0.717) is 11.0 Å². The van der Waals surface area contributed by atoms with E-state index in [-0.39, 0.29) is 5.75 Å². The van der Waals surface area contributed by atoms with Crippen LogP contribution in [0.25, 0.3) is 10.8 Å². The zero-order valence-corrected chi connectivity index (χ0v) is 12.5. The maximum absolute atomic E-state index is 9.30. The Balaban J connectivity index is 1.92. The van der Waals surface area contributed by atoms with Gasteiger partial charge in [0, 0.05) is 10.8 Å². The van der Waals surface area contributed by atoms with Crippen LogP contribution in [0.5, 0.6) is 5.75 Å². The smallest absolute Gasteiger partial charge is 0.176 e. The van der Waals surface area contributed by atoms with Gasteiger partial charge in [-0.3, -0.25) is 5.43 Å². The van der Waals surface area contributed by atoms with Crippen LogP contribution in [0.3, 0.4) is 0 Å². The third-order valence-electron chi connectivity index (χ3n) is 3.26. The number of phenols is 1. The van der Waals surface area contributed by atoms with Crippen molar-refractivity contribution in [1.82, 2.24) is 10.2 Å².